The average Bonchev–Trinajstić information content (AvgIpc) is 3.01. The van der Waals surface area contributed by atoms with Gasteiger partial charge < -0.3 is 10.6 Å². The molecule has 0 aliphatic carbocycles. The molecule has 1 unspecified atom stereocenters. The lowest BCUT2D eigenvalue weighted by Crippen LogP contribution is -2.27. The highest BCUT2D eigenvalue weighted by atomic mass is 16.1. The first-order valence-corrected chi connectivity index (χ1v) is 7.05. The van der Waals surface area contributed by atoms with Crippen LogP contribution in [-0.2, 0) is 6.42 Å². The van der Waals surface area contributed by atoms with Crippen LogP contribution >= 0.6 is 0 Å². The van der Waals surface area contributed by atoms with E-state index in [1.165, 1.54) is 6.33 Å². The van der Waals surface area contributed by atoms with E-state index < -0.39 is 0 Å². The zero-order valence-corrected chi connectivity index (χ0v) is 12.5. The number of nitrogens with one attached hydrogen (secondary N) is 3. The molecule has 0 fully saturated rings. The molecule has 112 valence electrons. The Bertz CT molecular complexity index is 596. The molecule has 7 heteroatoms. The Morgan fingerprint density at radius 1 is 1.38 bits per heavy atom. The van der Waals surface area contributed by atoms with Crippen LogP contribution in [-0.4, -0.2) is 32.6 Å². The first-order valence-electron chi connectivity index (χ1n) is 7.05. The molecule has 0 saturated carbocycles. The molecular weight excluding hydrogens is 268 g/mol. The standard InChI is InChI=1S/C14H20N6O/c1-4-11-6-10(7-12(19-11)15-5-2)14(21)18-9(3)13-16-8-17-20-13/h6-9H,4-5H2,1-3H3,(H,15,19)(H,18,21)(H,16,17,20). The molecule has 0 aliphatic rings. The second kappa shape index (κ2) is 6.83. The van der Waals surface area contributed by atoms with Gasteiger partial charge >= 0.3 is 0 Å². The fourth-order valence-corrected chi connectivity index (χ4v) is 1.94. The highest BCUT2D eigenvalue weighted by Crippen LogP contribution is 2.13. The maximum atomic E-state index is 12.3. The molecule has 2 heterocycles. The van der Waals surface area contributed by atoms with Gasteiger partial charge in [0.15, 0.2) is 0 Å². The van der Waals surface area contributed by atoms with Crippen molar-refractivity contribution in [2.24, 2.45) is 0 Å². The van der Waals surface area contributed by atoms with E-state index in [2.05, 4.69) is 30.8 Å². The topological polar surface area (TPSA) is 95.6 Å². The normalized spacial score (nSPS) is 12.0. The summed E-state index contributed by atoms with van der Waals surface area (Å²) in [5.74, 6) is 1.18. The van der Waals surface area contributed by atoms with E-state index in [9.17, 15) is 4.79 Å². The first-order chi connectivity index (χ1) is 10.1. The van der Waals surface area contributed by atoms with Crippen molar-refractivity contribution >= 4 is 11.7 Å². The number of hydrogen-bond acceptors (Lipinski definition) is 5. The van der Waals surface area contributed by atoms with E-state index in [0.29, 0.717) is 17.2 Å². The largest absolute Gasteiger partial charge is 0.370 e. The molecule has 0 spiro atoms. The molecule has 1 amide bonds. The number of hydrogen-bond donors (Lipinski definition) is 3. The SMILES string of the molecule is CCNc1cc(C(=O)NC(C)c2ncn[nH]2)cc(CC)n1. The van der Waals surface area contributed by atoms with Gasteiger partial charge in [-0.05, 0) is 32.4 Å². The highest BCUT2D eigenvalue weighted by molar-refractivity contribution is 5.95. The molecule has 3 N–H and O–H groups in total. The summed E-state index contributed by atoms with van der Waals surface area (Å²) in [5, 5.41) is 12.6. The third-order valence-corrected chi connectivity index (χ3v) is 3.05. The Hall–Kier alpha value is -2.44. The van der Waals surface area contributed by atoms with Crippen molar-refractivity contribution in [1.29, 1.82) is 0 Å². The number of pyridine rings is 1. The third kappa shape index (κ3) is 3.77. The van der Waals surface area contributed by atoms with Crippen LogP contribution in [0, 0.1) is 0 Å². The van der Waals surface area contributed by atoms with Crippen molar-refractivity contribution in [3.05, 3.63) is 35.5 Å². The van der Waals surface area contributed by atoms with Gasteiger partial charge in [-0.1, -0.05) is 6.92 Å². The fraction of sp³-hybridized carbons (Fsp3) is 0.429. The summed E-state index contributed by atoms with van der Waals surface area (Å²) >= 11 is 0. The predicted octanol–water partition coefficient (Wildman–Crippen LogP) is 1.68. The molecule has 2 rings (SSSR count). The van der Waals surface area contributed by atoms with Crippen LogP contribution in [0.5, 0.6) is 0 Å². The molecule has 0 aliphatic heterocycles. The summed E-state index contributed by atoms with van der Waals surface area (Å²) in [5.41, 5.74) is 1.47. The molecule has 0 aromatic carbocycles. The Balaban J connectivity index is 2.16. The molecular formula is C14H20N6O. The Kier molecular flexibility index (Phi) is 4.86. The van der Waals surface area contributed by atoms with E-state index in [1.54, 1.807) is 6.07 Å². The van der Waals surface area contributed by atoms with Crippen molar-refractivity contribution in [3.63, 3.8) is 0 Å². The number of rotatable bonds is 6. The van der Waals surface area contributed by atoms with Gasteiger partial charge in [0.2, 0.25) is 0 Å². The maximum Gasteiger partial charge on any atom is 0.252 e. The number of aryl methyl sites for hydroxylation is 1. The van der Waals surface area contributed by atoms with E-state index >= 15 is 0 Å². The number of aromatic nitrogens is 4. The molecule has 0 saturated heterocycles. The number of aromatic amines is 1. The zero-order valence-electron chi connectivity index (χ0n) is 12.5. The molecule has 7 nitrogen and oxygen atoms in total. The van der Waals surface area contributed by atoms with Gasteiger partial charge in [-0.2, -0.15) is 5.10 Å². The van der Waals surface area contributed by atoms with Crippen LogP contribution in [0.1, 0.15) is 48.7 Å². The Morgan fingerprint density at radius 3 is 2.81 bits per heavy atom. The summed E-state index contributed by atoms with van der Waals surface area (Å²) in [4.78, 5) is 20.8. The van der Waals surface area contributed by atoms with Crippen LogP contribution in [0.25, 0.3) is 0 Å². The van der Waals surface area contributed by atoms with Crippen molar-refractivity contribution in [2.75, 3.05) is 11.9 Å². The van der Waals surface area contributed by atoms with Crippen LogP contribution in [0.15, 0.2) is 18.5 Å². The van der Waals surface area contributed by atoms with Crippen molar-refractivity contribution < 1.29 is 4.79 Å². The minimum atomic E-state index is -0.235. The lowest BCUT2D eigenvalue weighted by molar-refractivity contribution is 0.0938. The Morgan fingerprint density at radius 2 is 2.19 bits per heavy atom. The summed E-state index contributed by atoms with van der Waals surface area (Å²) in [7, 11) is 0. The number of carbonyl (C=O) groups is 1. The number of amides is 1. The monoisotopic (exact) mass is 288 g/mol. The van der Waals surface area contributed by atoms with Crippen molar-refractivity contribution in [1.82, 2.24) is 25.5 Å². The molecule has 1 atom stereocenters. The summed E-state index contributed by atoms with van der Waals surface area (Å²) in [6.45, 7) is 6.62. The van der Waals surface area contributed by atoms with Crippen LogP contribution in [0.4, 0.5) is 5.82 Å². The van der Waals surface area contributed by atoms with Gasteiger partial charge in [0.25, 0.3) is 5.91 Å². The Labute approximate surface area is 123 Å². The molecule has 21 heavy (non-hydrogen) atoms. The zero-order chi connectivity index (χ0) is 15.2. The maximum absolute atomic E-state index is 12.3. The van der Waals surface area contributed by atoms with Crippen molar-refractivity contribution in [2.45, 2.75) is 33.2 Å². The van der Waals surface area contributed by atoms with E-state index in [0.717, 1.165) is 18.7 Å². The second-order valence-corrected chi connectivity index (χ2v) is 4.68. The number of carbonyl (C=O) groups excluding carboxylic acids is 1. The van der Waals surface area contributed by atoms with Gasteiger partial charge in [-0.15, -0.1) is 0 Å². The van der Waals surface area contributed by atoms with Gasteiger partial charge in [0, 0.05) is 17.8 Å². The summed E-state index contributed by atoms with van der Waals surface area (Å²) < 4.78 is 0. The smallest absolute Gasteiger partial charge is 0.252 e. The number of anilines is 1. The molecule has 2 aromatic rings. The lowest BCUT2D eigenvalue weighted by Gasteiger charge is -2.13. The quantitative estimate of drug-likeness (QED) is 0.751. The fourth-order valence-electron chi connectivity index (χ4n) is 1.94. The van der Waals surface area contributed by atoms with Crippen LogP contribution in [0.2, 0.25) is 0 Å². The summed E-state index contributed by atoms with van der Waals surface area (Å²) in [6.07, 6.45) is 2.19. The molecule has 0 radical (unpaired) electrons. The average molecular weight is 288 g/mol. The van der Waals surface area contributed by atoms with Gasteiger partial charge in [0.1, 0.15) is 18.0 Å². The van der Waals surface area contributed by atoms with Crippen LogP contribution in [0.3, 0.4) is 0 Å². The minimum Gasteiger partial charge on any atom is -0.370 e. The first kappa shape index (κ1) is 15.0. The van der Waals surface area contributed by atoms with Crippen molar-refractivity contribution in [3.8, 4) is 0 Å². The predicted molar refractivity (Wildman–Crippen MR) is 80.0 cm³/mol. The van der Waals surface area contributed by atoms with Gasteiger partial charge in [0.05, 0.1) is 6.04 Å². The lowest BCUT2D eigenvalue weighted by atomic mass is 10.1. The molecule has 0 bridgehead atoms. The highest BCUT2D eigenvalue weighted by Gasteiger charge is 2.15. The van der Waals surface area contributed by atoms with E-state index in [1.807, 2.05) is 26.8 Å². The molecule has 2 aromatic heterocycles. The number of nitrogens with zero attached hydrogens (tertiary/aromatic N) is 3. The van der Waals surface area contributed by atoms with E-state index in [4.69, 9.17) is 0 Å². The minimum absolute atomic E-state index is 0.157. The summed E-state index contributed by atoms with van der Waals surface area (Å²) in [6, 6.07) is 3.33. The van der Waals surface area contributed by atoms with Gasteiger partial charge in [-0.3, -0.25) is 9.89 Å². The number of H-pyrrole nitrogens is 1. The van der Waals surface area contributed by atoms with Crippen LogP contribution < -0.4 is 10.6 Å². The third-order valence-electron chi connectivity index (χ3n) is 3.05. The van der Waals surface area contributed by atoms with Gasteiger partial charge in [-0.25, -0.2) is 9.97 Å². The second-order valence-electron chi connectivity index (χ2n) is 4.68. The van der Waals surface area contributed by atoms with E-state index in [-0.39, 0.29) is 11.9 Å².